The Morgan fingerprint density at radius 2 is 1.70 bits per heavy atom. The minimum Gasteiger partial charge on any atom is -0.477 e. The predicted molar refractivity (Wildman–Crippen MR) is 118 cm³/mol. The lowest BCUT2D eigenvalue weighted by Gasteiger charge is -2.10. The summed E-state index contributed by atoms with van der Waals surface area (Å²) in [6.07, 6.45) is -4.62. The van der Waals surface area contributed by atoms with Crippen molar-refractivity contribution in [2.75, 3.05) is 0 Å². The molecule has 170 valence electrons. The molecule has 0 radical (unpaired) electrons. The highest BCUT2D eigenvalue weighted by atomic mass is 32.2. The minimum atomic E-state index is -4.62. The number of rotatable bonds is 7. The van der Waals surface area contributed by atoms with Crippen LogP contribution in [0.5, 0.6) is 0 Å². The van der Waals surface area contributed by atoms with Crippen molar-refractivity contribution in [3.8, 4) is 0 Å². The zero-order valence-corrected chi connectivity index (χ0v) is 17.9. The fourth-order valence-electron chi connectivity index (χ4n) is 3.46. The summed E-state index contributed by atoms with van der Waals surface area (Å²) in [5.74, 6) is -2.02. The van der Waals surface area contributed by atoms with Gasteiger partial charge in [-0.05, 0) is 47.5 Å². The molecule has 1 heterocycles. The van der Waals surface area contributed by atoms with Crippen LogP contribution in [0.25, 0.3) is 10.9 Å². The van der Waals surface area contributed by atoms with Crippen molar-refractivity contribution in [1.29, 1.82) is 0 Å². The number of fused-ring (bicyclic) bond motifs is 1. The lowest BCUT2D eigenvalue weighted by atomic mass is 10.1. The number of alkyl halides is 3. The van der Waals surface area contributed by atoms with Crippen LogP contribution in [0.15, 0.2) is 76.5 Å². The molecule has 0 amide bonds. The van der Waals surface area contributed by atoms with Gasteiger partial charge in [0, 0.05) is 28.9 Å². The number of aromatic nitrogens is 1. The normalized spacial score (nSPS) is 11.8. The number of H-pyrrole nitrogens is 1. The Bertz CT molecular complexity index is 1300. The van der Waals surface area contributed by atoms with Gasteiger partial charge in [-0.25, -0.2) is 9.18 Å². The Hall–Kier alpha value is -3.30. The van der Waals surface area contributed by atoms with E-state index >= 15 is 0 Å². The Morgan fingerprint density at radius 3 is 2.39 bits per heavy atom. The molecule has 3 N–H and O–H groups in total. The van der Waals surface area contributed by atoms with Crippen molar-refractivity contribution < 1.29 is 27.5 Å². The molecule has 9 heteroatoms. The van der Waals surface area contributed by atoms with Gasteiger partial charge in [-0.15, -0.1) is 0 Å². The zero-order valence-electron chi connectivity index (χ0n) is 17.0. The average Bonchev–Trinajstić information content (AvgIpc) is 3.11. The molecule has 1 aromatic heterocycles. The summed E-state index contributed by atoms with van der Waals surface area (Å²) < 4.78 is 52.2. The van der Waals surface area contributed by atoms with Gasteiger partial charge in [0.1, 0.15) is 11.5 Å². The molecule has 0 saturated heterocycles. The molecular weight excluding hydrogens is 456 g/mol. The summed E-state index contributed by atoms with van der Waals surface area (Å²) in [4.78, 5) is 16.2. The Morgan fingerprint density at radius 1 is 0.970 bits per heavy atom. The summed E-state index contributed by atoms with van der Waals surface area (Å²) >= 11 is 1.35. The molecule has 0 bridgehead atoms. The number of hydrogen-bond donors (Lipinski definition) is 3. The number of carbonyl (C=O) groups is 1. The lowest BCUT2D eigenvalue weighted by molar-refractivity contribution is -0.137. The SMILES string of the molecule is O=C(O)c1[nH]c2cc(CNCc3cc(F)cc(C(F)(F)F)c3)ccc2c1Sc1ccccc1. The fourth-order valence-corrected chi connectivity index (χ4v) is 4.52. The Balaban J connectivity index is 1.52. The van der Waals surface area contributed by atoms with Crippen molar-refractivity contribution in [2.24, 2.45) is 0 Å². The highest BCUT2D eigenvalue weighted by molar-refractivity contribution is 7.99. The third-order valence-electron chi connectivity index (χ3n) is 4.94. The van der Waals surface area contributed by atoms with E-state index in [1.807, 2.05) is 42.5 Å². The number of nitrogens with one attached hydrogen (secondary N) is 2. The summed E-state index contributed by atoms with van der Waals surface area (Å²) in [6.45, 7) is 0.343. The van der Waals surface area contributed by atoms with E-state index in [1.165, 1.54) is 11.8 Å². The number of carboxylic acids is 1. The lowest BCUT2D eigenvalue weighted by Crippen LogP contribution is -2.14. The second-order valence-corrected chi connectivity index (χ2v) is 8.46. The van der Waals surface area contributed by atoms with E-state index in [4.69, 9.17) is 0 Å². The number of halogens is 4. The van der Waals surface area contributed by atoms with Gasteiger partial charge in [0.25, 0.3) is 0 Å². The first-order valence-corrected chi connectivity index (χ1v) is 10.7. The molecule has 0 fully saturated rings. The van der Waals surface area contributed by atoms with Crippen LogP contribution in [0.1, 0.15) is 27.2 Å². The highest BCUT2D eigenvalue weighted by Crippen LogP contribution is 2.37. The van der Waals surface area contributed by atoms with Crippen molar-refractivity contribution in [2.45, 2.75) is 29.1 Å². The van der Waals surface area contributed by atoms with E-state index in [9.17, 15) is 27.5 Å². The monoisotopic (exact) mass is 474 g/mol. The van der Waals surface area contributed by atoms with Crippen LogP contribution >= 0.6 is 11.8 Å². The molecule has 4 aromatic rings. The van der Waals surface area contributed by atoms with Crippen LogP contribution < -0.4 is 5.32 Å². The van der Waals surface area contributed by atoms with Crippen LogP contribution in [-0.4, -0.2) is 16.1 Å². The third kappa shape index (κ3) is 5.37. The highest BCUT2D eigenvalue weighted by Gasteiger charge is 2.31. The smallest absolute Gasteiger partial charge is 0.416 e. The summed E-state index contributed by atoms with van der Waals surface area (Å²) in [6, 6.07) is 17.3. The number of carboxylic acid groups (broad SMARTS) is 1. The molecule has 33 heavy (non-hydrogen) atoms. The second-order valence-electron chi connectivity index (χ2n) is 7.38. The van der Waals surface area contributed by atoms with Crippen LogP contribution in [0.2, 0.25) is 0 Å². The van der Waals surface area contributed by atoms with Gasteiger partial charge in [0.05, 0.1) is 10.5 Å². The number of aromatic amines is 1. The predicted octanol–water partition coefficient (Wildman–Crippen LogP) is 6.47. The van der Waals surface area contributed by atoms with Crippen LogP contribution in [-0.2, 0) is 19.3 Å². The van der Waals surface area contributed by atoms with Crippen molar-refractivity contribution in [3.63, 3.8) is 0 Å². The maximum atomic E-state index is 13.6. The Labute approximate surface area is 190 Å². The molecular formula is C24H18F4N2O2S. The number of aromatic carboxylic acids is 1. The van der Waals surface area contributed by atoms with Crippen LogP contribution in [0.3, 0.4) is 0 Å². The van der Waals surface area contributed by atoms with Gasteiger partial charge < -0.3 is 15.4 Å². The molecule has 0 unspecified atom stereocenters. The summed E-state index contributed by atoms with van der Waals surface area (Å²) in [5.41, 5.74) is 0.665. The molecule has 3 aromatic carbocycles. The van der Waals surface area contributed by atoms with Crippen molar-refractivity contribution in [3.05, 3.63) is 94.9 Å². The van der Waals surface area contributed by atoms with Gasteiger partial charge in [0.2, 0.25) is 0 Å². The molecule has 0 aliphatic rings. The van der Waals surface area contributed by atoms with Gasteiger partial charge in [-0.1, -0.05) is 42.1 Å². The maximum absolute atomic E-state index is 13.6. The first-order valence-electron chi connectivity index (χ1n) is 9.89. The maximum Gasteiger partial charge on any atom is 0.416 e. The van der Waals surface area contributed by atoms with Gasteiger partial charge in [-0.3, -0.25) is 0 Å². The first kappa shape index (κ1) is 22.9. The van der Waals surface area contributed by atoms with Gasteiger partial charge in [0.15, 0.2) is 0 Å². The first-order chi connectivity index (χ1) is 15.7. The van der Waals surface area contributed by atoms with Crippen molar-refractivity contribution in [1.82, 2.24) is 10.3 Å². The van der Waals surface area contributed by atoms with Gasteiger partial charge >= 0.3 is 12.1 Å². The topological polar surface area (TPSA) is 65.1 Å². The Kier molecular flexibility index (Phi) is 6.44. The average molecular weight is 474 g/mol. The molecule has 4 nitrogen and oxygen atoms in total. The van der Waals surface area contributed by atoms with E-state index in [0.717, 1.165) is 28.0 Å². The van der Waals surface area contributed by atoms with E-state index < -0.39 is 23.5 Å². The zero-order chi connectivity index (χ0) is 23.6. The quantitative estimate of drug-likeness (QED) is 0.269. The molecule has 0 saturated carbocycles. The standard InChI is InChI=1S/C24H18F4N2O2S/c25-17-9-15(8-16(11-17)24(26,27)28)13-29-12-14-6-7-19-20(10-14)30-21(23(31)32)22(19)33-18-4-2-1-3-5-18/h1-11,29-30H,12-13H2,(H,31,32). The van der Waals surface area contributed by atoms with E-state index in [-0.39, 0.29) is 17.8 Å². The van der Waals surface area contributed by atoms with E-state index in [2.05, 4.69) is 10.3 Å². The molecule has 0 spiro atoms. The molecule has 0 atom stereocenters. The molecule has 0 aliphatic heterocycles. The largest absolute Gasteiger partial charge is 0.477 e. The molecule has 4 rings (SSSR count). The fraction of sp³-hybridized carbons (Fsp3) is 0.125. The number of benzene rings is 3. The van der Waals surface area contributed by atoms with E-state index in [1.54, 1.807) is 6.07 Å². The second kappa shape index (κ2) is 9.29. The van der Waals surface area contributed by atoms with Crippen LogP contribution in [0, 0.1) is 5.82 Å². The molecule has 0 aliphatic carbocycles. The van der Waals surface area contributed by atoms with Crippen LogP contribution in [0.4, 0.5) is 17.6 Å². The van der Waals surface area contributed by atoms with Crippen molar-refractivity contribution >= 4 is 28.6 Å². The van der Waals surface area contributed by atoms with E-state index in [0.29, 0.717) is 23.0 Å². The van der Waals surface area contributed by atoms with Gasteiger partial charge in [-0.2, -0.15) is 13.2 Å². The third-order valence-corrected chi connectivity index (χ3v) is 6.07. The summed E-state index contributed by atoms with van der Waals surface area (Å²) in [5, 5.41) is 13.4. The summed E-state index contributed by atoms with van der Waals surface area (Å²) in [7, 11) is 0. The minimum absolute atomic E-state index is 0.0408. The number of hydrogen-bond acceptors (Lipinski definition) is 3.